The largest absolute Gasteiger partial charge is 0.330 e. The smallest absolute Gasteiger partial charge is 0.246 e. The summed E-state index contributed by atoms with van der Waals surface area (Å²) in [6.45, 7) is 3.48. The van der Waals surface area contributed by atoms with Gasteiger partial charge in [0.2, 0.25) is 10.0 Å². The maximum atomic E-state index is 12.7. The van der Waals surface area contributed by atoms with E-state index in [-0.39, 0.29) is 10.3 Å². The quantitative estimate of drug-likeness (QED) is 0.919. The molecule has 0 bridgehead atoms. The Morgan fingerprint density at radius 3 is 2.68 bits per heavy atom. The zero-order valence-corrected chi connectivity index (χ0v) is 13.3. The third kappa shape index (κ3) is 2.67. The zero-order chi connectivity index (χ0) is 15.8. The Bertz CT molecular complexity index is 757. The number of nitrogens with two attached hydrogens (primary N) is 1. The lowest BCUT2D eigenvalue weighted by Crippen LogP contribution is -2.34. The van der Waals surface area contributed by atoms with Crippen LogP contribution in [0.4, 0.5) is 0 Å². The first kappa shape index (κ1) is 15.2. The van der Waals surface area contributed by atoms with E-state index in [0.29, 0.717) is 19.6 Å². The molecule has 2 aromatic rings. The van der Waals surface area contributed by atoms with Gasteiger partial charge in [-0.3, -0.25) is 0 Å². The molecule has 1 aromatic carbocycles. The van der Waals surface area contributed by atoms with Crippen LogP contribution in [-0.4, -0.2) is 42.1 Å². The molecule has 1 atom stereocenters. The first-order chi connectivity index (χ1) is 10.4. The van der Waals surface area contributed by atoms with E-state index in [1.807, 2.05) is 37.3 Å². The standard InChI is InChI=1S/C15H20N4O2S/c1-15(11-16)7-8-18(12-15)22(20,21)14-9-17-19(10-14)13-5-3-2-4-6-13/h2-6,9-10H,7-8,11-12,16H2,1H3. The van der Waals surface area contributed by atoms with Crippen molar-refractivity contribution >= 4 is 10.0 Å². The molecule has 6 nitrogen and oxygen atoms in total. The molecular weight excluding hydrogens is 300 g/mol. The van der Waals surface area contributed by atoms with Crippen molar-refractivity contribution in [2.45, 2.75) is 18.2 Å². The van der Waals surface area contributed by atoms with Crippen LogP contribution < -0.4 is 5.73 Å². The van der Waals surface area contributed by atoms with E-state index in [2.05, 4.69) is 5.10 Å². The molecule has 0 spiro atoms. The van der Waals surface area contributed by atoms with Gasteiger partial charge in [0.1, 0.15) is 4.90 Å². The summed E-state index contributed by atoms with van der Waals surface area (Å²) in [5.74, 6) is 0. The normalized spacial score (nSPS) is 23.0. The molecule has 1 aliphatic heterocycles. The summed E-state index contributed by atoms with van der Waals surface area (Å²) in [6.07, 6.45) is 3.75. The van der Waals surface area contributed by atoms with E-state index in [0.717, 1.165) is 12.1 Å². The third-order valence-electron chi connectivity index (χ3n) is 4.23. The van der Waals surface area contributed by atoms with Gasteiger partial charge in [-0.05, 0) is 30.5 Å². The Labute approximate surface area is 130 Å². The van der Waals surface area contributed by atoms with Crippen LogP contribution in [0.2, 0.25) is 0 Å². The first-order valence-corrected chi connectivity index (χ1v) is 8.69. The highest BCUT2D eigenvalue weighted by atomic mass is 32.2. The van der Waals surface area contributed by atoms with Crippen LogP contribution in [0.1, 0.15) is 13.3 Å². The predicted octanol–water partition coefficient (Wildman–Crippen LogP) is 1.23. The van der Waals surface area contributed by atoms with Gasteiger partial charge in [-0.25, -0.2) is 13.1 Å². The van der Waals surface area contributed by atoms with Gasteiger partial charge in [0.25, 0.3) is 0 Å². The summed E-state index contributed by atoms with van der Waals surface area (Å²) in [4.78, 5) is 0.220. The Hall–Kier alpha value is -1.70. The van der Waals surface area contributed by atoms with Crippen LogP contribution in [0.25, 0.3) is 5.69 Å². The summed E-state index contributed by atoms with van der Waals surface area (Å²) in [5.41, 5.74) is 6.45. The van der Waals surface area contributed by atoms with Gasteiger partial charge in [0, 0.05) is 13.1 Å². The molecule has 3 rings (SSSR count). The fraction of sp³-hybridized carbons (Fsp3) is 0.400. The zero-order valence-electron chi connectivity index (χ0n) is 12.5. The van der Waals surface area contributed by atoms with Crippen LogP contribution in [0.5, 0.6) is 0 Å². The average Bonchev–Trinajstić information content (AvgIpc) is 3.16. The van der Waals surface area contributed by atoms with Crippen LogP contribution >= 0.6 is 0 Å². The number of para-hydroxylation sites is 1. The Morgan fingerprint density at radius 2 is 2.05 bits per heavy atom. The summed E-state index contributed by atoms with van der Waals surface area (Å²) in [6, 6.07) is 9.44. The number of hydrogen-bond donors (Lipinski definition) is 1. The van der Waals surface area contributed by atoms with Gasteiger partial charge in [0.05, 0.1) is 18.1 Å². The summed E-state index contributed by atoms with van der Waals surface area (Å²) >= 11 is 0. The number of nitrogens with zero attached hydrogens (tertiary/aromatic N) is 3. The number of benzene rings is 1. The van der Waals surface area contributed by atoms with E-state index >= 15 is 0 Å². The lowest BCUT2D eigenvalue weighted by molar-refractivity contribution is 0.349. The molecular formula is C15H20N4O2S. The summed E-state index contributed by atoms with van der Waals surface area (Å²) in [5, 5.41) is 4.17. The molecule has 1 saturated heterocycles. The predicted molar refractivity (Wildman–Crippen MR) is 84.1 cm³/mol. The van der Waals surface area contributed by atoms with Crippen molar-refractivity contribution in [3.63, 3.8) is 0 Å². The molecule has 1 unspecified atom stereocenters. The molecule has 2 N–H and O–H groups in total. The number of rotatable bonds is 4. The van der Waals surface area contributed by atoms with Gasteiger partial charge in [-0.2, -0.15) is 9.40 Å². The molecule has 0 saturated carbocycles. The highest BCUT2D eigenvalue weighted by Gasteiger charge is 2.39. The Balaban J connectivity index is 1.87. The van der Waals surface area contributed by atoms with Crippen molar-refractivity contribution in [2.75, 3.05) is 19.6 Å². The summed E-state index contributed by atoms with van der Waals surface area (Å²) in [7, 11) is -3.51. The molecule has 1 aromatic heterocycles. The fourth-order valence-electron chi connectivity index (χ4n) is 2.66. The van der Waals surface area contributed by atoms with Crippen molar-refractivity contribution in [1.29, 1.82) is 0 Å². The van der Waals surface area contributed by atoms with Crippen LogP contribution in [-0.2, 0) is 10.0 Å². The Morgan fingerprint density at radius 1 is 1.32 bits per heavy atom. The molecule has 0 radical (unpaired) electrons. The van der Waals surface area contributed by atoms with Crippen LogP contribution in [0, 0.1) is 5.41 Å². The number of sulfonamides is 1. The minimum absolute atomic E-state index is 0.136. The van der Waals surface area contributed by atoms with Crippen LogP contribution in [0.3, 0.4) is 0 Å². The maximum absolute atomic E-state index is 12.7. The molecule has 1 fully saturated rings. The average molecular weight is 320 g/mol. The number of aromatic nitrogens is 2. The Kier molecular flexibility index (Phi) is 3.80. The van der Waals surface area contributed by atoms with Crippen molar-refractivity contribution in [1.82, 2.24) is 14.1 Å². The minimum atomic E-state index is -3.51. The van der Waals surface area contributed by atoms with Gasteiger partial charge >= 0.3 is 0 Å². The molecule has 7 heteroatoms. The minimum Gasteiger partial charge on any atom is -0.330 e. The monoisotopic (exact) mass is 320 g/mol. The third-order valence-corrected chi connectivity index (χ3v) is 6.03. The van der Waals surface area contributed by atoms with Gasteiger partial charge < -0.3 is 5.73 Å². The molecule has 22 heavy (non-hydrogen) atoms. The van der Waals surface area contributed by atoms with E-state index in [1.165, 1.54) is 10.5 Å². The van der Waals surface area contributed by atoms with Crippen molar-refractivity contribution in [3.05, 3.63) is 42.7 Å². The second-order valence-electron chi connectivity index (χ2n) is 6.06. The second-order valence-corrected chi connectivity index (χ2v) is 8.00. The van der Waals surface area contributed by atoms with E-state index in [1.54, 1.807) is 10.9 Å². The SMILES string of the molecule is CC1(CN)CCN(S(=O)(=O)c2cnn(-c3ccccc3)c2)C1. The highest BCUT2D eigenvalue weighted by Crippen LogP contribution is 2.32. The van der Waals surface area contributed by atoms with Crippen LogP contribution in [0.15, 0.2) is 47.6 Å². The highest BCUT2D eigenvalue weighted by molar-refractivity contribution is 7.89. The fourth-order valence-corrected chi connectivity index (χ4v) is 4.19. The lowest BCUT2D eigenvalue weighted by Gasteiger charge is -2.21. The van der Waals surface area contributed by atoms with E-state index < -0.39 is 10.0 Å². The summed E-state index contributed by atoms with van der Waals surface area (Å²) < 4.78 is 28.5. The topological polar surface area (TPSA) is 81.2 Å². The number of hydrogen-bond acceptors (Lipinski definition) is 4. The van der Waals surface area contributed by atoms with Crippen molar-refractivity contribution in [2.24, 2.45) is 11.1 Å². The van der Waals surface area contributed by atoms with E-state index in [4.69, 9.17) is 5.73 Å². The molecule has 2 heterocycles. The molecule has 118 valence electrons. The lowest BCUT2D eigenvalue weighted by atomic mass is 9.90. The van der Waals surface area contributed by atoms with Crippen molar-refractivity contribution in [3.8, 4) is 5.69 Å². The van der Waals surface area contributed by atoms with Gasteiger partial charge in [0.15, 0.2) is 0 Å². The first-order valence-electron chi connectivity index (χ1n) is 7.25. The van der Waals surface area contributed by atoms with Gasteiger partial charge in [-0.1, -0.05) is 25.1 Å². The maximum Gasteiger partial charge on any atom is 0.246 e. The van der Waals surface area contributed by atoms with E-state index in [9.17, 15) is 8.42 Å². The second kappa shape index (κ2) is 5.49. The molecule has 0 aliphatic carbocycles. The van der Waals surface area contributed by atoms with Gasteiger partial charge in [-0.15, -0.1) is 0 Å². The molecule has 1 aliphatic rings. The molecule has 0 amide bonds. The van der Waals surface area contributed by atoms with Crippen molar-refractivity contribution < 1.29 is 8.42 Å².